The van der Waals surface area contributed by atoms with Gasteiger partial charge in [-0.15, -0.1) is 0 Å². The van der Waals surface area contributed by atoms with Crippen LogP contribution >= 0.6 is 11.6 Å². The summed E-state index contributed by atoms with van der Waals surface area (Å²) in [4.78, 5) is 19.0. The number of carbonyl (C=O) groups excluding carboxylic acids is 1. The summed E-state index contributed by atoms with van der Waals surface area (Å²) < 4.78 is 0. The van der Waals surface area contributed by atoms with E-state index in [9.17, 15) is 4.79 Å². The molecule has 2 N–H and O–H groups in total. The van der Waals surface area contributed by atoms with Crippen LogP contribution in [0.25, 0.3) is 0 Å². The molecular weight excluding hydrogens is 372 g/mol. The topological polar surface area (TPSA) is 56.7 Å². The number of nitrogens with one attached hydrogen (secondary N) is 2. The molecule has 0 saturated carbocycles. The summed E-state index contributed by atoms with van der Waals surface area (Å²) in [5, 5.41) is 7.23. The molecule has 28 heavy (non-hydrogen) atoms. The van der Waals surface area contributed by atoms with Gasteiger partial charge in [0, 0.05) is 31.2 Å². The highest BCUT2D eigenvalue weighted by molar-refractivity contribution is 6.30. The summed E-state index contributed by atoms with van der Waals surface area (Å²) in [6, 6.07) is 16.1. The number of aliphatic imine (C=N–C) groups is 1. The minimum absolute atomic E-state index is 0.0596. The molecule has 2 aromatic rings. The maximum Gasteiger partial charge on any atom is 0.244 e. The molecular formula is C22H27ClN4O. The van der Waals surface area contributed by atoms with Crippen molar-refractivity contribution >= 4 is 23.5 Å². The molecule has 0 bridgehead atoms. The van der Waals surface area contributed by atoms with E-state index < -0.39 is 0 Å². The second-order valence-corrected chi connectivity index (χ2v) is 7.27. The van der Waals surface area contributed by atoms with Gasteiger partial charge < -0.3 is 15.5 Å². The minimum Gasteiger partial charge on any atom is -0.357 e. The fourth-order valence-corrected chi connectivity index (χ4v) is 3.40. The molecule has 0 fully saturated rings. The SMILES string of the molecule is CCNC(=NCC(=O)N1CCc2ccccc2C1)NCCc1ccc(Cl)cc1. The predicted molar refractivity (Wildman–Crippen MR) is 115 cm³/mol. The summed E-state index contributed by atoms with van der Waals surface area (Å²) in [6.07, 6.45) is 1.77. The van der Waals surface area contributed by atoms with Gasteiger partial charge in [-0.1, -0.05) is 48.0 Å². The van der Waals surface area contributed by atoms with Crippen LogP contribution < -0.4 is 10.6 Å². The maximum absolute atomic E-state index is 12.6. The van der Waals surface area contributed by atoms with Gasteiger partial charge >= 0.3 is 0 Å². The molecule has 0 radical (unpaired) electrons. The van der Waals surface area contributed by atoms with Crippen LogP contribution in [0.1, 0.15) is 23.6 Å². The van der Waals surface area contributed by atoms with Crippen molar-refractivity contribution in [3.63, 3.8) is 0 Å². The van der Waals surface area contributed by atoms with E-state index in [0.717, 1.165) is 37.5 Å². The van der Waals surface area contributed by atoms with Gasteiger partial charge in [0.25, 0.3) is 0 Å². The lowest BCUT2D eigenvalue weighted by molar-refractivity contribution is -0.130. The van der Waals surface area contributed by atoms with Crippen molar-refractivity contribution in [1.82, 2.24) is 15.5 Å². The summed E-state index contributed by atoms with van der Waals surface area (Å²) in [5.41, 5.74) is 3.78. The summed E-state index contributed by atoms with van der Waals surface area (Å²) in [6.45, 7) is 5.08. The molecule has 6 heteroatoms. The first kappa shape index (κ1) is 20.2. The zero-order valence-electron chi connectivity index (χ0n) is 16.2. The minimum atomic E-state index is 0.0596. The summed E-state index contributed by atoms with van der Waals surface area (Å²) in [5.74, 6) is 0.728. The van der Waals surface area contributed by atoms with Gasteiger partial charge in [-0.2, -0.15) is 0 Å². The van der Waals surface area contributed by atoms with Crippen LogP contribution in [-0.4, -0.2) is 42.9 Å². The van der Waals surface area contributed by atoms with Gasteiger partial charge in [0.2, 0.25) is 5.91 Å². The Morgan fingerprint density at radius 3 is 2.61 bits per heavy atom. The normalized spacial score (nSPS) is 13.8. The Balaban J connectivity index is 1.50. The van der Waals surface area contributed by atoms with Crippen LogP contribution in [0.4, 0.5) is 0 Å². The second-order valence-electron chi connectivity index (χ2n) is 6.83. The van der Waals surface area contributed by atoms with Crippen LogP contribution in [-0.2, 0) is 24.2 Å². The van der Waals surface area contributed by atoms with Gasteiger partial charge in [0.1, 0.15) is 6.54 Å². The largest absolute Gasteiger partial charge is 0.357 e. The molecule has 1 aliphatic rings. The molecule has 5 nitrogen and oxygen atoms in total. The van der Waals surface area contributed by atoms with Crippen LogP contribution in [0, 0.1) is 0 Å². The molecule has 2 aromatic carbocycles. The number of amides is 1. The van der Waals surface area contributed by atoms with E-state index in [1.807, 2.05) is 42.2 Å². The highest BCUT2D eigenvalue weighted by Crippen LogP contribution is 2.18. The van der Waals surface area contributed by atoms with E-state index in [1.54, 1.807) is 0 Å². The summed E-state index contributed by atoms with van der Waals surface area (Å²) in [7, 11) is 0. The molecule has 0 unspecified atom stereocenters. The molecule has 3 rings (SSSR count). The first-order chi connectivity index (χ1) is 13.7. The van der Waals surface area contributed by atoms with Gasteiger partial charge in [0.05, 0.1) is 0 Å². The molecule has 1 amide bonds. The molecule has 0 saturated heterocycles. The number of halogens is 1. The number of carbonyl (C=O) groups is 1. The first-order valence-electron chi connectivity index (χ1n) is 9.77. The van der Waals surface area contributed by atoms with Crippen molar-refractivity contribution < 1.29 is 4.79 Å². The Hall–Kier alpha value is -2.53. The Kier molecular flexibility index (Phi) is 7.31. The highest BCUT2D eigenvalue weighted by Gasteiger charge is 2.19. The third kappa shape index (κ3) is 5.73. The maximum atomic E-state index is 12.6. The van der Waals surface area contributed by atoms with E-state index in [0.29, 0.717) is 12.5 Å². The van der Waals surface area contributed by atoms with Crippen molar-refractivity contribution in [3.05, 3.63) is 70.2 Å². The smallest absolute Gasteiger partial charge is 0.244 e. The lowest BCUT2D eigenvalue weighted by atomic mass is 10.00. The van der Waals surface area contributed by atoms with Crippen LogP contribution in [0.2, 0.25) is 5.02 Å². The zero-order chi connectivity index (χ0) is 19.8. The Morgan fingerprint density at radius 1 is 1.11 bits per heavy atom. The van der Waals surface area contributed by atoms with Crippen molar-refractivity contribution in [3.8, 4) is 0 Å². The number of benzene rings is 2. The molecule has 0 aromatic heterocycles. The number of nitrogens with zero attached hydrogens (tertiary/aromatic N) is 2. The van der Waals surface area contributed by atoms with E-state index in [-0.39, 0.29) is 12.5 Å². The monoisotopic (exact) mass is 398 g/mol. The molecule has 0 spiro atoms. The average Bonchev–Trinajstić information content (AvgIpc) is 2.72. The molecule has 0 atom stereocenters. The van der Waals surface area contributed by atoms with Gasteiger partial charge in [-0.25, -0.2) is 4.99 Å². The lowest BCUT2D eigenvalue weighted by Crippen LogP contribution is -2.41. The van der Waals surface area contributed by atoms with Crippen molar-refractivity contribution in [2.75, 3.05) is 26.2 Å². The van der Waals surface area contributed by atoms with Crippen molar-refractivity contribution in [2.24, 2.45) is 4.99 Å². The predicted octanol–water partition coefficient (Wildman–Crippen LogP) is 3.02. The first-order valence-corrected chi connectivity index (χ1v) is 10.1. The third-order valence-corrected chi connectivity index (χ3v) is 5.07. The number of fused-ring (bicyclic) bond motifs is 1. The Bertz CT molecular complexity index is 820. The fourth-order valence-electron chi connectivity index (χ4n) is 3.27. The van der Waals surface area contributed by atoms with Crippen molar-refractivity contribution in [1.29, 1.82) is 0 Å². The van der Waals surface area contributed by atoms with Crippen molar-refractivity contribution in [2.45, 2.75) is 26.3 Å². The van der Waals surface area contributed by atoms with Gasteiger partial charge in [0.15, 0.2) is 5.96 Å². The van der Waals surface area contributed by atoms with E-state index in [4.69, 9.17) is 11.6 Å². The fraction of sp³-hybridized carbons (Fsp3) is 0.364. The highest BCUT2D eigenvalue weighted by atomic mass is 35.5. The van der Waals surface area contributed by atoms with E-state index in [2.05, 4.69) is 33.8 Å². The van der Waals surface area contributed by atoms with Crippen LogP contribution in [0.3, 0.4) is 0 Å². The Morgan fingerprint density at radius 2 is 1.86 bits per heavy atom. The number of hydrogen-bond donors (Lipinski definition) is 2. The second kappa shape index (κ2) is 10.1. The zero-order valence-corrected chi connectivity index (χ0v) is 17.0. The average molecular weight is 399 g/mol. The molecule has 1 aliphatic heterocycles. The number of hydrogen-bond acceptors (Lipinski definition) is 2. The van der Waals surface area contributed by atoms with E-state index >= 15 is 0 Å². The van der Waals surface area contributed by atoms with Gasteiger partial charge in [-0.3, -0.25) is 4.79 Å². The van der Waals surface area contributed by atoms with Crippen LogP contribution in [0.5, 0.6) is 0 Å². The van der Waals surface area contributed by atoms with E-state index in [1.165, 1.54) is 16.7 Å². The number of guanidine groups is 1. The molecule has 0 aliphatic carbocycles. The van der Waals surface area contributed by atoms with Gasteiger partial charge in [-0.05, 0) is 48.6 Å². The third-order valence-electron chi connectivity index (χ3n) is 4.82. The molecule has 148 valence electrons. The number of rotatable bonds is 6. The van der Waals surface area contributed by atoms with Crippen LogP contribution in [0.15, 0.2) is 53.5 Å². The lowest BCUT2D eigenvalue weighted by Gasteiger charge is -2.28. The summed E-state index contributed by atoms with van der Waals surface area (Å²) >= 11 is 5.92. The Labute approximate surface area is 171 Å². The standard InChI is InChI=1S/C22H27ClN4O/c1-2-24-22(25-13-11-17-7-9-20(23)10-8-17)26-15-21(28)27-14-12-18-5-3-4-6-19(18)16-27/h3-10H,2,11-16H2,1H3,(H2,24,25,26). The quantitative estimate of drug-likeness (QED) is 0.581. The molecule has 1 heterocycles.